The molecule has 2 heterocycles. The molecular formula is C15H12N4OS. The molecule has 1 amide bonds. The highest BCUT2D eigenvalue weighted by Crippen LogP contribution is 2.33. The van der Waals surface area contributed by atoms with Crippen LogP contribution in [0.25, 0.3) is 11.3 Å². The molecule has 0 aliphatic carbocycles. The molecule has 0 spiro atoms. The molecule has 3 N–H and O–H groups in total. The highest BCUT2D eigenvalue weighted by molar-refractivity contribution is 7.20. The van der Waals surface area contributed by atoms with Crippen molar-refractivity contribution < 1.29 is 4.79 Å². The Labute approximate surface area is 125 Å². The molecule has 104 valence electrons. The average molecular weight is 296 g/mol. The molecule has 0 atom stereocenters. The zero-order valence-electron chi connectivity index (χ0n) is 11.0. The van der Waals surface area contributed by atoms with Crippen molar-refractivity contribution in [3.63, 3.8) is 0 Å². The van der Waals surface area contributed by atoms with E-state index in [2.05, 4.69) is 15.3 Å². The number of carbonyl (C=O) groups is 1. The van der Waals surface area contributed by atoms with Crippen LogP contribution in [0.1, 0.15) is 10.4 Å². The van der Waals surface area contributed by atoms with Crippen LogP contribution < -0.4 is 11.1 Å². The van der Waals surface area contributed by atoms with Gasteiger partial charge in [0.05, 0.1) is 5.56 Å². The molecule has 0 unspecified atom stereocenters. The zero-order valence-corrected chi connectivity index (χ0v) is 11.8. The number of anilines is 2. The lowest BCUT2D eigenvalue weighted by atomic mass is 10.2. The maximum absolute atomic E-state index is 12.0. The number of rotatable bonds is 3. The summed E-state index contributed by atoms with van der Waals surface area (Å²) in [4.78, 5) is 20.3. The Balaban J connectivity index is 1.84. The normalized spacial score (nSPS) is 10.3. The third-order valence-electron chi connectivity index (χ3n) is 2.84. The van der Waals surface area contributed by atoms with Gasteiger partial charge < -0.3 is 5.73 Å². The van der Waals surface area contributed by atoms with Gasteiger partial charge in [-0.2, -0.15) is 0 Å². The molecule has 21 heavy (non-hydrogen) atoms. The van der Waals surface area contributed by atoms with Gasteiger partial charge in [-0.25, -0.2) is 4.98 Å². The van der Waals surface area contributed by atoms with Crippen LogP contribution >= 0.6 is 11.3 Å². The molecule has 2 aromatic heterocycles. The van der Waals surface area contributed by atoms with Gasteiger partial charge in [0, 0.05) is 18.0 Å². The van der Waals surface area contributed by atoms with E-state index in [-0.39, 0.29) is 5.91 Å². The van der Waals surface area contributed by atoms with Crippen LogP contribution in [0, 0.1) is 0 Å². The predicted molar refractivity (Wildman–Crippen MR) is 84.2 cm³/mol. The fraction of sp³-hybridized carbons (Fsp3) is 0. The third kappa shape index (κ3) is 2.90. The Bertz CT molecular complexity index is 756. The van der Waals surface area contributed by atoms with Gasteiger partial charge in [-0.3, -0.25) is 15.1 Å². The van der Waals surface area contributed by atoms with E-state index in [0.717, 1.165) is 5.56 Å². The summed E-state index contributed by atoms with van der Waals surface area (Å²) in [5, 5.41) is 3.78. The van der Waals surface area contributed by atoms with Gasteiger partial charge in [0.2, 0.25) is 0 Å². The van der Waals surface area contributed by atoms with E-state index in [1.165, 1.54) is 17.5 Å². The van der Waals surface area contributed by atoms with Gasteiger partial charge in [0.25, 0.3) is 5.91 Å². The van der Waals surface area contributed by atoms with E-state index in [1.54, 1.807) is 18.3 Å². The molecule has 0 saturated heterocycles. The summed E-state index contributed by atoms with van der Waals surface area (Å²) in [7, 11) is 0. The van der Waals surface area contributed by atoms with Gasteiger partial charge >= 0.3 is 0 Å². The van der Waals surface area contributed by atoms with Crippen LogP contribution in [0.3, 0.4) is 0 Å². The van der Waals surface area contributed by atoms with Crippen LogP contribution in [0.15, 0.2) is 54.9 Å². The first-order valence-corrected chi connectivity index (χ1v) is 7.09. The zero-order chi connectivity index (χ0) is 14.7. The van der Waals surface area contributed by atoms with Gasteiger partial charge in [0.1, 0.15) is 10.7 Å². The smallest absolute Gasteiger partial charge is 0.259 e. The second-order valence-electron chi connectivity index (χ2n) is 4.29. The summed E-state index contributed by atoms with van der Waals surface area (Å²) in [5.41, 5.74) is 8.07. The van der Waals surface area contributed by atoms with E-state index in [9.17, 15) is 4.79 Å². The predicted octanol–water partition coefficient (Wildman–Crippen LogP) is 3.04. The number of benzene rings is 1. The Kier molecular flexibility index (Phi) is 3.61. The first-order chi connectivity index (χ1) is 10.2. The molecule has 1 aromatic carbocycles. The summed E-state index contributed by atoms with van der Waals surface area (Å²) < 4.78 is 0. The second kappa shape index (κ2) is 5.72. The van der Waals surface area contributed by atoms with Crippen LogP contribution in [0.5, 0.6) is 0 Å². The molecule has 3 aromatic rings. The van der Waals surface area contributed by atoms with E-state index < -0.39 is 0 Å². The van der Waals surface area contributed by atoms with Crippen molar-refractivity contribution >= 4 is 27.4 Å². The molecule has 6 heteroatoms. The Morgan fingerprint density at radius 3 is 2.67 bits per heavy atom. The molecule has 0 aliphatic heterocycles. The fourth-order valence-electron chi connectivity index (χ4n) is 1.85. The summed E-state index contributed by atoms with van der Waals surface area (Å²) in [6, 6.07) is 13.0. The quantitative estimate of drug-likeness (QED) is 0.778. The minimum absolute atomic E-state index is 0.253. The number of aromatic nitrogens is 2. The van der Waals surface area contributed by atoms with Crippen molar-refractivity contribution in [1.82, 2.24) is 9.97 Å². The van der Waals surface area contributed by atoms with Crippen molar-refractivity contribution in [2.75, 3.05) is 11.1 Å². The number of hydrogen-bond acceptors (Lipinski definition) is 5. The van der Waals surface area contributed by atoms with Gasteiger partial charge in [0.15, 0.2) is 5.13 Å². The van der Waals surface area contributed by atoms with Crippen LogP contribution in [-0.2, 0) is 0 Å². The molecular weight excluding hydrogens is 284 g/mol. The Morgan fingerprint density at radius 2 is 1.95 bits per heavy atom. The number of amides is 1. The van der Waals surface area contributed by atoms with Crippen LogP contribution in [0.2, 0.25) is 0 Å². The first kappa shape index (κ1) is 13.3. The molecule has 0 aliphatic rings. The summed E-state index contributed by atoms with van der Waals surface area (Å²) in [6.07, 6.45) is 3.12. The van der Waals surface area contributed by atoms with Gasteiger partial charge in [-0.05, 0) is 12.1 Å². The minimum Gasteiger partial charge on any atom is -0.389 e. The van der Waals surface area contributed by atoms with Crippen molar-refractivity contribution in [1.29, 1.82) is 0 Å². The Hall–Kier alpha value is -2.73. The lowest BCUT2D eigenvalue weighted by molar-refractivity contribution is 0.102. The van der Waals surface area contributed by atoms with Crippen molar-refractivity contribution in [3.8, 4) is 11.3 Å². The van der Waals surface area contributed by atoms with Crippen LogP contribution in [0.4, 0.5) is 10.1 Å². The van der Waals surface area contributed by atoms with E-state index in [0.29, 0.717) is 21.4 Å². The number of thiazole rings is 1. The highest BCUT2D eigenvalue weighted by Gasteiger charge is 2.13. The number of nitrogens with zero attached hydrogens (tertiary/aromatic N) is 2. The SMILES string of the molecule is Nc1sc(NC(=O)c2cccnc2)nc1-c1ccccc1. The first-order valence-electron chi connectivity index (χ1n) is 6.27. The van der Waals surface area contributed by atoms with E-state index >= 15 is 0 Å². The number of nitrogens with one attached hydrogen (secondary N) is 1. The van der Waals surface area contributed by atoms with Crippen molar-refractivity contribution in [2.45, 2.75) is 0 Å². The number of nitrogen functional groups attached to an aromatic ring is 1. The number of pyridine rings is 1. The van der Waals surface area contributed by atoms with E-state index in [1.807, 2.05) is 30.3 Å². The Morgan fingerprint density at radius 1 is 1.14 bits per heavy atom. The van der Waals surface area contributed by atoms with Crippen molar-refractivity contribution in [3.05, 3.63) is 60.4 Å². The molecule has 0 saturated carbocycles. The topological polar surface area (TPSA) is 80.9 Å². The highest BCUT2D eigenvalue weighted by atomic mass is 32.1. The van der Waals surface area contributed by atoms with Crippen molar-refractivity contribution in [2.24, 2.45) is 0 Å². The number of carbonyl (C=O) groups excluding carboxylic acids is 1. The average Bonchev–Trinajstić information content (AvgIpc) is 2.89. The molecule has 3 rings (SSSR count). The lowest BCUT2D eigenvalue weighted by Gasteiger charge is -2.00. The fourth-order valence-corrected chi connectivity index (χ4v) is 2.60. The monoisotopic (exact) mass is 296 g/mol. The van der Waals surface area contributed by atoms with Gasteiger partial charge in [-0.15, -0.1) is 0 Å². The number of hydrogen-bond donors (Lipinski definition) is 2. The largest absolute Gasteiger partial charge is 0.389 e. The summed E-state index contributed by atoms with van der Waals surface area (Å²) in [6.45, 7) is 0. The molecule has 0 fully saturated rings. The van der Waals surface area contributed by atoms with E-state index in [4.69, 9.17) is 5.73 Å². The number of nitrogens with two attached hydrogens (primary N) is 1. The lowest BCUT2D eigenvalue weighted by Crippen LogP contribution is -2.11. The molecule has 0 radical (unpaired) electrons. The standard InChI is InChI=1S/C15H12N4OS/c16-13-12(10-5-2-1-3-6-10)18-15(21-13)19-14(20)11-7-4-8-17-9-11/h1-9H,16H2,(H,18,19,20). The maximum Gasteiger partial charge on any atom is 0.259 e. The molecule has 0 bridgehead atoms. The minimum atomic E-state index is -0.253. The maximum atomic E-state index is 12.0. The summed E-state index contributed by atoms with van der Waals surface area (Å²) in [5.74, 6) is -0.253. The third-order valence-corrected chi connectivity index (χ3v) is 3.64. The van der Waals surface area contributed by atoms with Crippen LogP contribution in [-0.4, -0.2) is 15.9 Å². The molecule has 5 nitrogen and oxygen atoms in total. The van der Waals surface area contributed by atoms with Gasteiger partial charge in [-0.1, -0.05) is 41.7 Å². The summed E-state index contributed by atoms with van der Waals surface area (Å²) >= 11 is 1.25. The second-order valence-corrected chi connectivity index (χ2v) is 5.32.